The van der Waals surface area contributed by atoms with Gasteiger partial charge < -0.3 is 9.88 Å². The van der Waals surface area contributed by atoms with Crippen molar-refractivity contribution >= 4 is 12.2 Å². The maximum atomic E-state index is 10.2. The minimum absolute atomic E-state index is 0.555. The SMILES string of the molecule is O=CNc1cn(Cc2ccncc2)cn1. The summed E-state index contributed by atoms with van der Waals surface area (Å²) in [6.07, 6.45) is 7.55. The molecule has 1 N–H and O–H groups in total. The van der Waals surface area contributed by atoms with Crippen LogP contribution in [0.5, 0.6) is 0 Å². The maximum absolute atomic E-state index is 10.2. The van der Waals surface area contributed by atoms with E-state index in [1.165, 1.54) is 0 Å². The van der Waals surface area contributed by atoms with E-state index in [1.54, 1.807) is 24.9 Å². The first-order chi connectivity index (χ1) is 7.38. The zero-order valence-corrected chi connectivity index (χ0v) is 8.00. The van der Waals surface area contributed by atoms with Crippen molar-refractivity contribution in [3.05, 3.63) is 42.6 Å². The van der Waals surface area contributed by atoms with Crippen LogP contribution in [0.3, 0.4) is 0 Å². The lowest BCUT2D eigenvalue weighted by atomic mass is 10.3. The molecule has 0 aliphatic rings. The molecule has 5 heteroatoms. The summed E-state index contributed by atoms with van der Waals surface area (Å²) < 4.78 is 1.89. The van der Waals surface area contributed by atoms with Gasteiger partial charge in [0.1, 0.15) is 0 Å². The summed E-state index contributed by atoms with van der Waals surface area (Å²) in [5.41, 5.74) is 1.14. The molecule has 15 heavy (non-hydrogen) atoms. The summed E-state index contributed by atoms with van der Waals surface area (Å²) in [6.45, 7) is 0.718. The summed E-state index contributed by atoms with van der Waals surface area (Å²) >= 11 is 0. The minimum Gasteiger partial charge on any atom is -0.331 e. The van der Waals surface area contributed by atoms with Gasteiger partial charge in [0.15, 0.2) is 5.82 Å². The van der Waals surface area contributed by atoms with Gasteiger partial charge in [-0.2, -0.15) is 0 Å². The van der Waals surface area contributed by atoms with Crippen molar-refractivity contribution in [3.63, 3.8) is 0 Å². The van der Waals surface area contributed by atoms with Crippen LogP contribution >= 0.6 is 0 Å². The molecule has 0 aromatic carbocycles. The predicted octanol–water partition coefficient (Wildman–Crippen LogP) is 0.895. The van der Waals surface area contributed by atoms with Crippen LogP contribution in [0.15, 0.2) is 37.1 Å². The Balaban J connectivity index is 2.08. The number of aromatic nitrogens is 3. The van der Waals surface area contributed by atoms with Crippen molar-refractivity contribution in [3.8, 4) is 0 Å². The molecule has 2 aromatic rings. The Labute approximate surface area is 86.8 Å². The number of hydrogen-bond donors (Lipinski definition) is 1. The molecule has 2 heterocycles. The second-order valence-electron chi connectivity index (χ2n) is 3.05. The van der Waals surface area contributed by atoms with E-state index >= 15 is 0 Å². The van der Waals surface area contributed by atoms with Crippen molar-refractivity contribution in [1.82, 2.24) is 14.5 Å². The molecular weight excluding hydrogens is 192 g/mol. The first-order valence-corrected chi connectivity index (χ1v) is 4.49. The third kappa shape index (κ3) is 2.40. The molecule has 2 aromatic heterocycles. The Bertz CT molecular complexity index is 438. The fourth-order valence-corrected chi connectivity index (χ4v) is 1.28. The largest absolute Gasteiger partial charge is 0.331 e. The molecule has 2 rings (SSSR count). The van der Waals surface area contributed by atoms with E-state index < -0.39 is 0 Å². The number of anilines is 1. The number of nitrogens with one attached hydrogen (secondary N) is 1. The third-order valence-electron chi connectivity index (χ3n) is 1.95. The van der Waals surface area contributed by atoms with Crippen LogP contribution < -0.4 is 5.32 Å². The van der Waals surface area contributed by atoms with Gasteiger partial charge in [-0.05, 0) is 17.7 Å². The van der Waals surface area contributed by atoms with Gasteiger partial charge >= 0.3 is 0 Å². The number of hydrogen-bond acceptors (Lipinski definition) is 3. The van der Waals surface area contributed by atoms with Gasteiger partial charge in [0.25, 0.3) is 0 Å². The Hall–Kier alpha value is -2.17. The second kappa shape index (κ2) is 4.36. The molecule has 1 amide bonds. The molecule has 0 saturated heterocycles. The Morgan fingerprint density at radius 1 is 1.40 bits per heavy atom. The van der Waals surface area contributed by atoms with E-state index in [-0.39, 0.29) is 0 Å². The lowest BCUT2D eigenvalue weighted by Crippen LogP contribution is -1.96. The second-order valence-corrected chi connectivity index (χ2v) is 3.05. The van der Waals surface area contributed by atoms with Crippen LogP contribution in [-0.4, -0.2) is 20.9 Å². The fourth-order valence-electron chi connectivity index (χ4n) is 1.28. The average molecular weight is 202 g/mol. The van der Waals surface area contributed by atoms with Crippen LogP contribution in [0, 0.1) is 0 Å². The summed E-state index contributed by atoms with van der Waals surface area (Å²) in [4.78, 5) is 18.1. The Kier molecular flexibility index (Phi) is 2.73. The van der Waals surface area contributed by atoms with E-state index in [1.807, 2.05) is 16.7 Å². The molecule has 0 radical (unpaired) electrons. The number of amides is 1. The third-order valence-corrected chi connectivity index (χ3v) is 1.95. The highest BCUT2D eigenvalue weighted by atomic mass is 16.1. The standard InChI is InChI=1S/C10H10N4O/c15-8-13-10-6-14(7-12-10)5-9-1-3-11-4-2-9/h1-4,6-8H,5H2,(H,13,15). The van der Waals surface area contributed by atoms with E-state index in [2.05, 4.69) is 15.3 Å². The van der Waals surface area contributed by atoms with E-state index in [0.29, 0.717) is 12.2 Å². The smallest absolute Gasteiger partial charge is 0.212 e. The van der Waals surface area contributed by atoms with Crippen LogP contribution in [0.4, 0.5) is 5.82 Å². The molecule has 0 saturated carbocycles. The van der Waals surface area contributed by atoms with Gasteiger partial charge in [-0.1, -0.05) is 0 Å². The highest BCUT2D eigenvalue weighted by molar-refractivity contribution is 5.68. The van der Waals surface area contributed by atoms with E-state index in [4.69, 9.17) is 0 Å². The van der Waals surface area contributed by atoms with Gasteiger partial charge in [-0.25, -0.2) is 4.98 Å². The van der Waals surface area contributed by atoms with Crippen LogP contribution in [-0.2, 0) is 11.3 Å². The highest BCUT2D eigenvalue weighted by Crippen LogP contribution is 2.05. The fraction of sp³-hybridized carbons (Fsp3) is 0.100. The maximum Gasteiger partial charge on any atom is 0.212 e. The van der Waals surface area contributed by atoms with Gasteiger partial charge in [-0.3, -0.25) is 9.78 Å². The zero-order valence-electron chi connectivity index (χ0n) is 8.00. The quantitative estimate of drug-likeness (QED) is 0.749. The van der Waals surface area contributed by atoms with Gasteiger partial charge in [0.2, 0.25) is 6.41 Å². The number of carbonyl (C=O) groups is 1. The molecule has 0 aliphatic heterocycles. The van der Waals surface area contributed by atoms with Gasteiger partial charge in [0.05, 0.1) is 6.33 Å². The first kappa shape index (κ1) is 9.39. The summed E-state index contributed by atoms with van der Waals surface area (Å²) in [7, 11) is 0. The number of imidazole rings is 1. The normalized spacial score (nSPS) is 9.87. The number of rotatable bonds is 4. The monoisotopic (exact) mass is 202 g/mol. The molecule has 0 atom stereocenters. The lowest BCUT2D eigenvalue weighted by Gasteiger charge is -2.00. The summed E-state index contributed by atoms with van der Waals surface area (Å²) in [6, 6.07) is 3.87. The topological polar surface area (TPSA) is 59.8 Å². The van der Waals surface area contributed by atoms with Crippen molar-refractivity contribution in [1.29, 1.82) is 0 Å². The lowest BCUT2D eigenvalue weighted by molar-refractivity contribution is -0.105. The molecule has 5 nitrogen and oxygen atoms in total. The highest BCUT2D eigenvalue weighted by Gasteiger charge is 1.97. The van der Waals surface area contributed by atoms with Crippen molar-refractivity contribution in [2.45, 2.75) is 6.54 Å². The molecule has 76 valence electrons. The number of carbonyl (C=O) groups excluding carboxylic acids is 1. The predicted molar refractivity (Wildman–Crippen MR) is 55.3 cm³/mol. The van der Waals surface area contributed by atoms with Crippen molar-refractivity contribution in [2.24, 2.45) is 0 Å². The van der Waals surface area contributed by atoms with E-state index in [9.17, 15) is 4.79 Å². The molecule has 0 bridgehead atoms. The minimum atomic E-state index is 0.555. The molecule has 0 aliphatic carbocycles. The van der Waals surface area contributed by atoms with E-state index in [0.717, 1.165) is 12.1 Å². The van der Waals surface area contributed by atoms with Crippen molar-refractivity contribution < 1.29 is 4.79 Å². The van der Waals surface area contributed by atoms with Crippen LogP contribution in [0.1, 0.15) is 5.56 Å². The molecule has 0 fully saturated rings. The number of nitrogens with zero attached hydrogens (tertiary/aromatic N) is 3. The van der Waals surface area contributed by atoms with Crippen LogP contribution in [0.25, 0.3) is 0 Å². The van der Waals surface area contributed by atoms with Crippen molar-refractivity contribution in [2.75, 3.05) is 5.32 Å². The first-order valence-electron chi connectivity index (χ1n) is 4.49. The Morgan fingerprint density at radius 3 is 2.93 bits per heavy atom. The summed E-state index contributed by atoms with van der Waals surface area (Å²) in [5, 5.41) is 2.49. The summed E-state index contributed by atoms with van der Waals surface area (Å²) in [5.74, 6) is 0.555. The molecule has 0 spiro atoms. The molecular formula is C10H10N4O. The van der Waals surface area contributed by atoms with Gasteiger partial charge in [-0.15, -0.1) is 0 Å². The Morgan fingerprint density at radius 2 is 2.20 bits per heavy atom. The van der Waals surface area contributed by atoms with Gasteiger partial charge in [0, 0.05) is 25.1 Å². The average Bonchev–Trinajstić information content (AvgIpc) is 2.68. The number of pyridine rings is 1. The molecule has 0 unspecified atom stereocenters. The zero-order chi connectivity index (χ0) is 10.5. The van der Waals surface area contributed by atoms with Crippen LogP contribution in [0.2, 0.25) is 0 Å².